The minimum atomic E-state index is -3.45. The Hall–Kier alpha value is -3.04. The minimum absolute atomic E-state index is 0. The summed E-state index contributed by atoms with van der Waals surface area (Å²) in [6.45, 7) is 3.48. The molecule has 0 spiro atoms. The van der Waals surface area contributed by atoms with Gasteiger partial charge in [0.25, 0.3) is 5.91 Å². The monoisotopic (exact) mass is 461 g/mol. The number of aromatic nitrogens is 1. The van der Waals surface area contributed by atoms with Crippen LogP contribution in [0, 0.1) is 6.92 Å². The van der Waals surface area contributed by atoms with E-state index in [9.17, 15) is 18.0 Å². The van der Waals surface area contributed by atoms with Crippen molar-refractivity contribution in [3.05, 3.63) is 64.5 Å². The fraction of sp³-hybridized carbons (Fsp3) is 0.227. The summed E-state index contributed by atoms with van der Waals surface area (Å²) in [4.78, 5) is 29.1. The van der Waals surface area contributed by atoms with Gasteiger partial charge in [-0.2, -0.15) is 0 Å². The zero-order chi connectivity index (χ0) is 22.6. The van der Waals surface area contributed by atoms with Crippen molar-refractivity contribution in [2.75, 3.05) is 18.1 Å². The van der Waals surface area contributed by atoms with E-state index in [-0.39, 0.29) is 19.9 Å². The Morgan fingerprint density at radius 1 is 1.16 bits per heavy atom. The van der Waals surface area contributed by atoms with Gasteiger partial charge in [-0.3, -0.25) is 9.59 Å². The first kappa shape index (κ1) is 22.6. The van der Waals surface area contributed by atoms with Gasteiger partial charge in [-0.05, 0) is 42.7 Å². The van der Waals surface area contributed by atoms with Crippen molar-refractivity contribution in [3.8, 4) is 11.3 Å². The van der Waals surface area contributed by atoms with Crippen LogP contribution in [-0.4, -0.2) is 38.0 Å². The molecule has 0 saturated carbocycles. The lowest BCUT2D eigenvalue weighted by Gasteiger charge is -2.08. The van der Waals surface area contributed by atoms with Gasteiger partial charge in [0.2, 0.25) is 5.91 Å². The van der Waals surface area contributed by atoms with Gasteiger partial charge in [0.05, 0.1) is 17.1 Å². The lowest BCUT2D eigenvalue weighted by atomic mass is 10.1. The van der Waals surface area contributed by atoms with Crippen LogP contribution >= 0.6 is 11.3 Å². The van der Waals surface area contributed by atoms with Crippen molar-refractivity contribution >= 4 is 38.1 Å². The van der Waals surface area contributed by atoms with E-state index in [4.69, 9.17) is 0 Å². The van der Waals surface area contributed by atoms with Crippen molar-refractivity contribution in [3.63, 3.8) is 0 Å². The number of aryl methyl sites for hydroxylation is 2. The fourth-order valence-corrected chi connectivity index (χ4v) is 4.71. The zero-order valence-corrected chi connectivity index (χ0v) is 19.1. The van der Waals surface area contributed by atoms with Crippen LogP contribution in [-0.2, 0) is 21.1 Å². The molecule has 1 heterocycles. The van der Waals surface area contributed by atoms with Gasteiger partial charge in [-0.15, -0.1) is 11.3 Å². The van der Waals surface area contributed by atoms with E-state index in [0.29, 0.717) is 10.7 Å². The molecule has 3 rings (SSSR count). The number of nitrogens with zero attached hydrogens (tertiary/aromatic N) is 1. The molecule has 1 aromatic heterocycles. The molecule has 7 nitrogen and oxygen atoms in total. The normalized spacial score (nSPS) is 11.2. The first-order valence-electron chi connectivity index (χ1n) is 9.61. The number of anilines is 1. The van der Waals surface area contributed by atoms with E-state index in [1.807, 2.05) is 23.6 Å². The highest BCUT2D eigenvalue weighted by atomic mass is 32.2. The molecular weight excluding hydrogens is 434 g/mol. The van der Waals surface area contributed by atoms with Crippen LogP contribution in [0.1, 0.15) is 31.3 Å². The van der Waals surface area contributed by atoms with E-state index in [0.717, 1.165) is 23.9 Å². The number of hydrogen-bond donors (Lipinski definition) is 2. The Bertz CT molecular complexity index is 1240. The molecule has 3 aromatic rings. The predicted molar refractivity (Wildman–Crippen MR) is 126 cm³/mol. The molecule has 31 heavy (non-hydrogen) atoms. The average molecular weight is 462 g/mol. The van der Waals surface area contributed by atoms with Gasteiger partial charge in [-0.1, -0.05) is 31.2 Å². The first-order chi connectivity index (χ1) is 14.7. The van der Waals surface area contributed by atoms with Crippen molar-refractivity contribution in [1.82, 2.24) is 10.3 Å². The first-order valence-corrected chi connectivity index (χ1v) is 12.4. The Balaban J connectivity index is 0.00000272. The number of carbonyl (C=O) groups excluding carboxylic acids is 2. The van der Waals surface area contributed by atoms with Crippen molar-refractivity contribution in [1.29, 1.82) is 0 Å². The summed E-state index contributed by atoms with van der Waals surface area (Å²) in [5.41, 5.74) is 3.68. The van der Waals surface area contributed by atoms with Crippen LogP contribution in [0.4, 0.5) is 5.13 Å². The Kier molecular flexibility index (Phi) is 6.87. The maximum absolute atomic E-state index is 12.3. The van der Waals surface area contributed by atoms with Crippen LogP contribution in [0.3, 0.4) is 0 Å². The molecule has 2 amide bonds. The minimum Gasteiger partial charge on any atom is -0.343 e. The number of nitrogens with one attached hydrogen (secondary N) is 2. The number of sulfone groups is 1. The molecule has 0 unspecified atom stereocenters. The van der Waals surface area contributed by atoms with Crippen LogP contribution in [0.15, 0.2) is 52.7 Å². The second kappa shape index (κ2) is 9.40. The summed E-state index contributed by atoms with van der Waals surface area (Å²) in [6.07, 6.45) is 2.01. The van der Waals surface area contributed by atoms with Gasteiger partial charge in [0.15, 0.2) is 15.0 Å². The lowest BCUT2D eigenvalue weighted by molar-refractivity contribution is -0.115. The maximum atomic E-state index is 12.3. The summed E-state index contributed by atoms with van der Waals surface area (Å²) in [6, 6.07) is 12.5. The highest BCUT2D eigenvalue weighted by molar-refractivity contribution is 7.90. The fourth-order valence-electron chi connectivity index (χ4n) is 2.98. The third-order valence-corrected chi connectivity index (χ3v) is 6.64. The van der Waals surface area contributed by atoms with E-state index >= 15 is 0 Å². The van der Waals surface area contributed by atoms with Gasteiger partial charge in [-0.25, -0.2) is 13.4 Å². The number of amides is 2. The summed E-state index contributed by atoms with van der Waals surface area (Å²) in [7, 11) is -3.45. The molecule has 0 atom stereocenters. The SMILES string of the molecule is CCc1cccc(-c2csc(NC(=O)CNC(=O)c3ccc(C)c(S(C)(=O)=O)c3)n2)c1.[HH].[HH]. The number of carbonyl (C=O) groups is 2. The zero-order valence-electron chi connectivity index (χ0n) is 17.4. The van der Waals surface area contributed by atoms with Crippen molar-refractivity contribution in [2.24, 2.45) is 0 Å². The van der Waals surface area contributed by atoms with E-state index in [1.165, 1.54) is 29.0 Å². The van der Waals surface area contributed by atoms with Gasteiger partial charge < -0.3 is 10.6 Å². The van der Waals surface area contributed by atoms with Crippen LogP contribution in [0.5, 0.6) is 0 Å². The molecule has 0 bridgehead atoms. The molecule has 166 valence electrons. The van der Waals surface area contributed by atoms with Crippen molar-refractivity contribution < 1.29 is 20.9 Å². The standard InChI is InChI=1S/C22H23N3O4S2.2H2/c1-4-15-6-5-7-16(10-15)18-13-30-22(24-18)25-20(26)12-23-21(27)17-9-8-14(2)19(11-17)31(3,28)29;;/h5-11,13H,4,12H2,1-3H3,(H,23,27)(H,24,25,26);2*1H. The molecule has 0 aliphatic carbocycles. The Morgan fingerprint density at radius 2 is 1.94 bits per heavy atom. The van der Waals surface area contributed by atoms with Crippen LogP contribution < -0.4 is 10.6 Å². The number of benzene rings is 2. The second-order valence-corrected chi connectivity index (χ2v) is 9.92. The smallest absolute Gasteiger partial charge is 0.251 e. The largest absolute Gasteiger partial charge is 0.343 e. The molecular formula is C22H27N3O4S2. The number of rotatable bonds is 7. The van der Waals surface area contributed by atoms with Crippen LogP contribution in [0.25, 0.3) is 11.3 Å². The van der Waals surface area contributed by atoms with Crippen molar-refractivity contribution in [2.45, 2.75) is 25.2 Å². The molecule has 0 fully saturated rings. The molecule has 2 N–H and O–H groups in total. The molecule has 0 aliphatic heterocycles. The third kappa shape index (κ3) is 5.77. The molecule has 9 heteroatoms. The number of thiazole rings is 1. The summed E-state index contributed by atoms with van der Waals surface area (Å²) < 4.78 is 23.7. The highest BCUT2D eigenvalue weighted by Gasteiger charge is 2.16. The number of hydrogen-bond acceptors (Lipinski definition) is 6. The van der Waals surface area contributed by atoms with E-state index in [1.54, 1.807) is 13.0 Å². The van der Waals surface area contributed by atoms with Gasteiger partial charge in [0, 0.05) is 25.6 Å². The predicted octanol–water partition coefficient (Wildman–Crippen LogP) is 3.94. The lowest BCUT2D eigenvalue weighted by Crippen LogP contribution is -2.32. The second-order valence-electron chi connectivity index (χ2n) is 7.08. The molecule has 0 radical (unpaired) electrons. The Morgan fingerprint density at radius 3 is 2.65 bits per heavy atom. The molecule has 0 aliphatic rings. The van der Waals surface area contributed by atoms with E-state index < -0.39 is 21.7 Å². The molecule has 2 aromatic carbocycles. The maximum Gasteiger partial charge on any atom is 0.251 e. The highest BCUT2D eigenvalue weighted by Crippen LogP contribution is 2.25. The summed E-state index contributed by atoms with van der Waals surface area (Å²) in [5.74, 6) is -0.955. The summed E-state index contributed by atoms with van der Waals surface area (Å²) in [5, 5.41) is 7.47. The summed E-state index contributed by atoms with van der Waals surface area (Å²) >= 11 is 1.30. The van der Waals surface area contributed by atoms with Gasteiger partial charge in [0.1, 0.15) is 0 Å². The average Bonchev–Trinajstić information content (AvgIpc) is 3.20. The quantitative estimate of drug-likeness (QED) is 0.554. The topological polar surface area (TPSA) is 105 Å². The van der Waals surface area contributed by atoms with E-state index in [2.05, 4.69) is 28.6 Å². The van der Waals surface area contributed by atoms with Gasteiger partial charge >= 0.3 is 0 Å². The van der Waals surface area contributed by atoms with Crippen LogP contribution in [0.2, 0.25) is 0 Å². The third-order valence-electron chi connectivity index (χ3n) is 4.64. The molecule has 0 saturated heterocycles. The Labute approximate surface area is 188 Å².